The molecule has 0 spiro atoms. The third kappa shape index (κ3) is 4.47. The molecule has 0 fully saturated rings. The number of carbonyl (C=O) groups is 1. The number of nitrogens with zero attached hydrogens (tertiary/aromatic N) is 3. The molecule has 1 N–H and O–H groups in total. The molecule has 29 heavy (non-hydrogen) atoms. The first kappa shape index (κ1) is 18.8. The van der Waals surface area contributed by atoms with Crippen molar-refractivity contribution in [2.24, 2.45) is 0 Å². The second-order valence-electron chi connectivity index (χ2n) is 6.38. The molecule has 1 amide bonds. The Morgan fingerprint density at radius 1 is 1.10 bits per heavy atom. The Labute approximate surface area is 171 Å². The molecular formula is C22H18N4O2S. The highest BCUT2D eigenvalue weighted by atomic mass is 32.1. The summed E-state index contributed by atoms with van der Waals surface area (Å²) >= 11 is 1.56. The fraction of sp³-hybridized carbons (Fsp3) is 0.0909. The van der Waals surface area contributed by atoms with Gasteiger partial charge in [0.2, 0.25) is 5.91 Å². The SMILES string of the molecule is O=C(/C=C/c1cccs1)NCc1nn(Cc2cccnc2)c(=O)c2ccccc12. The van der Waals surface area contributed by atoms with Crippen molar-refractivity contribution in [3.63, 3.8) is 0 Å². The van der Waals surface area contributed by atoms with E-state index in [9.17, 15) is 9.59 Å². The van der Waals surface area contributed by atoms with Crippen LogP contribution in [0.4, 0.5) is 0 Å². The standard InChI is InChI=1S/C22H18N4O2S/c27-21(10-9-17-6-4-12-29-17)24-14-20-18-7-1-2-8-19(18)22(28)26(25-20)15-16-5-3-11-23-13-16/h1-13H,14-15H2,(H,24,27)/b10-9+. The van der Waals surface area contributed by atoms with Gasteiger partial charge in [0.15, 0.2) is 0 Å². The quantitative estimate of drug-likeness (QED) is 0.503. The Morgan fingerprint density at radius 3 is 2.72 bits per heavy atom. The molecule has 4 rings (SSSR count). The van der Waals surface area contributed by atoms with Crippen molar-refractivity contribution in [1.29, 1.82) is 0 Å². The first-order valence-electron chi connectivity index (χ1n) is 9.08. The van der Waals surface area contributed by atoms with Crippen LogP contribution in [0.25, 0.3) is 16.8 Å². The maximum atomic E-state index is 12.8. The zero-order valence-electron chi connectivity index (χ0n) is 15.5. The van der Waals surface area contributed by atoms with Gasteiger partial charge in [-0.15, -0.1) is 11.3 Å². The average molecular weight is 402 g/mol. The van der Waals surface area contributed by atoms with Gasteiger partial charge >= 0.3 is 0 Å². The van der Waals surface area contributed by atoms with Crippen molar-refractivity contribution in [3.05, 3.63) is 98.9 Å². The molecule has 0 saturated heterocycles. The van der Waals surface area contributed by atoms with Crippen LogP contribution in [0.1, 0.15) is 16.1 Å². The van der Waals surface area contributed by atoms with E-state index in [1.165, 1.54) is 10.8 Å². The number of thiophene rings is 1. The molecule has 0 saturated carbocycles. The van der Waals surface area contributed by atoms with Gasteiger partial charge in [0.1, 0.15) is 0 Å². The van der Waals surface area contributed by atoms with Gasteiger partial charge in [-0.2, -0.15) is 5.10 Å². The predicted molar refractivity (Wildman–Crippen MR) is 115 cm³/mol. The minimum absolute atomic E-state index is 0.169. The van der Waals surface area contributed by atoms with E-state index in [1.54, 1.807) is 35.9 Å². The highest BCUT2D eigenvalue weighted by Gasteiger charge is 2.11. The summed E-state index contributed by atoms with van der Waals surface area (Å²) in [6.45, 7) is 0.540. The van der Waals surface area contributed by atoms with Crippen LogP contribution in [0, 0.1) is 0 Å². The number of aromatic nitrogens is 3. The molecule has 0 atom stereocenters. The molecule has 0 aliphatic heterocycles. The maximum Gasteiger partial charge on any atom is 0.274 e. The first-order valence-corrected chi connectivity index (χ1v) is 9.96. The summed E-state index contributed by atoms with van der Waals surface area (Å²) in [5, 5.41) is 10.6. The largest absolute Gasteiger partial charge is 0.347 e. The molecule has 144 valence electrons. The van der Waals surface area contributed by atoms with E-state index in [0.29, 0.717) is 17.6 Å². The summed E-state index contributed by atoms with van der Waals surface area (Å²) in [6, 6.07) is 14.9. The Hall–Kier alpha value is -3.58. The summed E-state index contributed by atoms with van der Waals surface area (Å²) in [4.78, 5) is 30.1. The van der Waals surface area contributed by atoms with Crippen molar-refractivity contribution in [2.75, 3.05) is 0 Å². The fourth-order valence-corrected chi connectivity index (χ4v) is 3.60. The van der Waals surface area contributed by atoms with Crippen LogP contribution in [-0.2, 0) is 17.9 Å². The van der Waals surface area contributed by atoms with Crippen molar-refractivity contribution < 1.29 is 4.79 Å². The third-order valence-electron chi connectivity index (χ3n) is 4.37. The van der Waals surface area contributed by atoms with E-state index < -0.39 is 0 Å². The van der Waals surface area contributed by atoms with Crippen LogP contribution in [0.2, 0.25) is 0 Å². The van der Waals surface area contributed by atoms with E-state index in [2.05, 4.69) is 15.4 Å². The highest BCUT2D eigenvalue weighted by molar-refractivity contribution is 7.10. The molecule has 6 nitrogen and oxygen atoms in total. The number of pyridine rings is 1. The second-order valence-corrected chi connectivity index (χ2v) is 7.36. The van der Waals surface area contributed by atoms with E-state index in [1.807, 2.05) is 47.8 Å². The number of rotatable bonds is 6. The molecule has 3 aromatic heterocycles. The lowest BCUT2D eigenvalue weighted by atomic mass is 10.1. The summed E-state index contributed by atoms with van der Waals surface area (Å²) in [5.74, 6) is -0.214. The second kappa shape index (κ2) is 8.62. The monoisotopic (exact) mass is 402 g/mol. The minimum atomic E-state index is -0.214. The van der Waals surface area contributed by atoms with Gasteiger partial charge in [-0.1, -0.05) is 30.3 Å². The Morgan fingerprint density at radius 2 is 1.97 bits per heavy atom. The molecule has 3 heterocycles. The number of fused-ring (bicyclic) bond motifs is 1. The molecular weight excluding hydrogens is 384 g/mol. The summed E-state index contributed by atoms with van der Waals surface area (Å²) in [5.41, 5.74) is 1.35. The van der Waals surface area contributed by atoms with Crippen LogP contribution in [0.5, 0.6) is 0 Å². The lowest BCUT2D eigenvalue weighted by molar-refractivity contribution is -0.116. The number of nitrogens with one attached hydrogen (secondary N) is 1. The number of hydrogen-bond donors (Lipinski definition) is 1. The molecule has 0 bridgehead atoms. The van der Waals surface area contributed by atoms with Crippen molar-refractivity contribution >= 4 is 34.1 Å². The van der Waals surface area contributed by atoms with Crippen LogP contribution >= 0.6 is 11.3 Å². The third-order valence-corrected chi connectivity index (χ3v) is 5.21. The highest BCUT2D eigenvalue weighted by Crippen LogP contribution is 2.14. The van der Waals surface area contributed by atoms with Crippen LogP contribution in [0.3, 0.4) is 0 Å². The summed E-state index contributed by atoms with van der Waals surface area (Å²) in [7, 11) is 0. The van der Waals surface area contributed by atoms with E-state index in [-0.39, 0.29) is 18.0 Å². The number of benzene rings is 1. The molecule has 1 aromatic carbocycles. The molecule has 0 unspecified atom stereocenters. The average Bonchev–Trinajstić information content (AvgIpc) is 3.28. The summed E-state index contributed by atoms with van der Waals surface area (Å²) in [6.07, 6.45) is 6.67. The maximum absolute atomic E-state index is 12.8. The van der Waals surface area contributed by atoms with E-state index in [4.69, 9.17) is 0 Å². The lowest BCUT2D eigenvalue weighted by Gasteiger charge is -2.11. The van der Waals surface area contributed by atoms with Crippen molar-refractivity contribution in [2.45, 2.75) is 13.1 Å². The Kier molecular flexibility index (Phi) is 5.58. The molecule has 7 heteroatoms. The van der Waals surface area contributed by atoms with Crippen molar-refractivity contribution in [3.8, 4) is 0 Å². The normalized spacial score (nSPS) is 11.2. The smallest absolute Gasteiger partial charge is 0.274 e. The summed E-state index contributed by atoms with van der Waals surface area (Å²) < 4.78 is 1.42. The minimum Gasteiger partial charge on any atom is -0.347 e. The van der Waals surface area contributed by atoms with Gasteiger partial charge in [0.25, 0.3) is 5.56 Å². The molecule has 0 radical (unpaired) electrons. The fourth-order valence-electron chi connectivity index (χ4n) is 2.98. The van der Waals surface area contributed by atoms with Crippen LogP contribution < -0.4 is 10.9 Å². The van der Waals surface area contributed by atoms with Crippen LogP contribution in [0.15, 0.2) is 77.2 Å². The van der Waals surface area contributed by atoms with E-state index >= 15 is 0 Å². The van der Waals surface area contributed by atoms with Gasteiger partial charge in [0, 0.05) is 28.7 Å². The predicted octanol–water partition coefficient (Wildman–Crippen LogP) is 3.23. The number of carbonyl (C=O) groups excluding carboxylic acids is 1. The van der Waals surface area contributed by atoms with Crippen LogP contribution in [-0.4, -0.2) is 20.7 Å². The lowest BCUT2D eigenvalue weighted by Crippen LogP contribution is -2.28. The number of hydrogen-bond acceptors (Lipinski definition) is 5. The topological polar surface area (TPSA) is 76.9 Å². The zero-order valence-corrected chi connectivity index (χ0v) is 16.3. The number of amides is 1. The van der Waals surface area contributed by atoms with Gasteiger partial charge in [-0.3, -0.25) is 14.6 Å². The van der Waals surface area contributed by atoms with Gasteiger partial charge in [-0.05, 0) is 35.2 Å². The van der Waals surface area contributed by atoms with E-state index in [0.717, 1.165) is 15.8 Å². The first-order chi connectivity index (χ1) is 14.2. The molecule has 0 aliphatic carbocycles. The molecule has 4 aromatic rings. The van der Waals surface area contributed by atoms with Gasteiger partial charge < -0.3 is 5.32 Å². The Bertz CT molecular complexity index is 1210. The zero-order chi connectivity index (χ0) is 20.1. The Balaban J connectivity index is 1.60. The van der Waals surface area contributed by atoms with Crippen molar-refractivity contribution in [1.82, 2.24) is 20.1 Å². The van der Waals surface area contributed by atoms with Gasteiger partial charge in [0.05, 0.1) is 24.2 Å². The van der Waals surface area contributed by atoms with Gasteiger partial charge in [-0.25, -0.2) is 4.68 Å². The molecule has 0 aliphatic rings.